The molecule has 1 atom stereocenters. The maximum Gasteiger partial charge on any atom is 0.226 e. The second-order valence-electron chi connectivity index (χ2n) is 5.30. The largest absolute Gasteiger partial charge is 0.343 e. The summed E-state index contributed by atoms with van der Waals surface area (Å²) in [5, 5.41) is 3.34. The lowest BCUT2D eigenvalue weighted by atomic mass is 9.90. The number of thioether (sulfide) groups is 1. The van der Waals surface area contributed by atoms with Crippen molar-refractivity contribution in [3.8, 4) is 0 Å². The summed E-state index contributed by atoms with van der Waals surface area (Å²) >= 11 is 1.92. The molecule has 1 N–H and O–H groups in total. The predicted molar refractivity (Wildman–Crippen MR) is 73.3 cm³/mol. The first-order chi connectivity index (χ1) is 8.22. The Hall–Kier alpha value is -0.220. The first-order valence-electron chi connectivity index (χ1n) is 6.74. The van der Waals surface area contributed by atoms with Gasteiger partial charge in [-0.3, -0.25) is 4.79 Å². The molecule has 0 aromatic carbocycles. The van der Waals surface area contributed by atoms with Crippen LogP contribution in [0, 0.1) is 5.92 Å². The molecule has 2 aliphatic rings. The first-order valence-corrected chi connectivity index (χ1v) is 7.89. The Morgan fingerprint density at radius 1 is 1.24 bits per heavy atom. The molecule has 17 heavy (non-hydrogen) atoms. The van der Waals surface area contributed by atoms with Gasteiger partial charge in [0.2, 0.25) is 5.91 Å². The highest BCUT2D eigenvalue weighted by molar-refractivity contribution is 7.99. The van der Waals surface area contributed by atoms with Crippen LogP contribution in [0.5, 0.6) is 0 Å². The highest BCUT2D eigenvalue weighted by atomic mass is 32.2. The average Bonchev–Trinajstić information content (AvgIpc) is 2.91. The van der Waals surface area contributed by atoms with Crippen molar-refractivity contribution < 1.29 is 4.79 Å². The van der Waals surface area contributed by atoms with Crippen LogP contribution >= 0.6 is 11.8 Å². The van der Waals surface area contributed by atoms with Crippen molar-refractivity contribution in [2.45, 2.75) is 44.2 Å². The summed E-state index contributed by atoms with van der Waals surface area (Å²) in [6, 6.07) is 1.15. The zero-order valence-corrected chi connectivity index (χ0v) is 11.8. The lowest BCUT2D eigenvalue weighted by Gasteiger charge is -2.35. The predicted octanol–water partition coefficient (Wildman–Crippen LogP) is 1.73. The first kappa shape index (κ1) is 13.2. The van der Waals surface area contributed by atoms with E-state index in [1.165, 1.54) is 12.8 Å². The monoisotopic (exact) mass is 256 g/mol. The van der Waals surface area contributed by atoms with Gasteiger partial charge >= 0.3 is 0 Å². The van der Waals surface area contributed by atoms with Crippen LogP contribution in [0.25, 0.3) is 0 Å². The van der Waals surface area contributed by atoms with E-state index in [0.717, 1.165) is 30.8 Å². The third-order valence-corrected chi connectivity index (χ3v) is 5.44. The van der Waals surface area contributed by atoms with Gasteiger partial charge in [0.05, 0.1) is 0 Å². The molecular weight excluding hydrogens is 232 g/mol. The van der Waals surface area contributed by atoms with Crippen LogP contribution in [-0.4, -0.2) is 48.5 Å². The third-order valence-electron chi connectivity index (χ3n) is 4.28. The van der Waals surface area contributed by atoms with E-state index in [1.807, 2.05) is 30.8 Å². The van der Waals surface area contributed by atoms with Crippen LogP contribution < -0.4 is 5.32 Å². The summed E-state index contributed by atoms with van der Waals surface area (Å²) in [7, 11) is 4.05. The van der Waals surface area contributed by atoms with E-state index in [9.17, 15) is 4.79 Å². The number of rotatable bonds is 3. The molecule has 1 aliphatic heterocycles. The number of amides is 1. The highest BCUT2D eigenvalue weighted by Gasteiger charge is 2.31. The van der Waals surface area contributed by atoms with Crippen LogP contribution in [0.3, 0.4) is 0 Å². The van der Waals surface area contributed by atoms with Gasteiger partial charge in [0.1, 0.15) is 0 Å². The van der Waals surface area contributed by atoms with Crippen molar-refractivity contribution in [1.29, 1.82) is 0 Å². The minimum absolute atomic E-state index is 0.298. The second-order valence-corrected chi connectivity index (χ2v) is 6.45. The minimum Gasteiger partial charge on any atom is -0.343 e. The van der Waals surface area contributed by atoms with Crippen molar-refractivity contribution in [3.05, 3.63) is 0 Å². The molecule has 1 saturated carbocycles. The van der Waals surface area contributed by atoms with Gasteiger partial charge in [-0.2, -0.15) is 11.8 Å². The van der Waals surface area contributed by atoms with Crippen LogP contribution in [0.2, 0.25) is 0 Å². The van der Waals surface area contributed by atoms with Gasteiger partial charge in [0, 0.05) is 30.8 Å². The maximum absolute atomic E-state index is 12.3. The quantitative estimate of drug-likeness (QED) is 0.834. The van der Waals surface area contributed by atoms with E-state index < -0.39 is 0 Å². The molecule has 0 aromatic heterocycles. The summed E-state index contributed by atoms with van der Waals surface area (Å²) < 4.78 is 0. The molecule has 1 aliphatic carbocycles. The molecule has 0 bridgehead atoms. The average molecular weight is 256 g/mol. The summed E-state index contributed by atoms with van der Waals surface area (Å²) in [6.45, 7) is 0. The Balaban J connectivity index is 1.83. The van der Waals surface area contributed by atoms with Crippen molar-refractivity contribution in [2.24, 2.45) is 5.92 Å². The lowest BCUT2D eigenvalue weighted by Crippen LogP contribution is -2.44. The fourth-order valence-electron chi connectivity index (χ4n) is 2.95. The molecule has 0 radical (unpaired) electrons. The number of carbonyl (C=O) groups excluding carboxylic acids is 1. The molecule has 0 spiro atoms. The molecule has 1 heterocycles. The van der Waals surface area contributed by atoms with E-state index >= 15 is 0 Å². The molecular formula is C13H24N2OS. The van der Waals surface area contributed by atoms with E-state index in [2.05, 4.69) is 5.32 Å². The van der Waals surface area contributed by atoms with Crippen LogP contribution in [-0.2, 0) is 4.79 Å². The van der Waals surface area contributed by atoms with Gasteiger partial charge in [-0.05, 0) is 44.9 Å². The Bertz CT molecular complexity index is 258. The van der Waals surface area contributed by atoms with Gasteiger partial charge in [-0.25, -0.2) is 0 Å². The smallest absolute Gasteiger partial charge is 0.226 e. The van der Waals surface area contributed by atoms with E-state index in [1.54, 1.807) is 0 Å². The zero-order chi connectivity index (χ0) is 12.3. The number of nitrogens with zero attached hydrogens (tertiary/aromatic N) is 1. The van der Waals surface area contributed by atoms with E-state index in [4.69, 9.17) is 0 Å². The second kappa shape index (κ2) is 6.10. The summed E-state index contributed by atoms with van der Waals surface area (Å²) in [5.41, 5.74) is 0. The van der Waals surface area contributed by atoms with Crippen LogP contribution in [0.1, 0.15) is 32.1 Å². The Kier molecular flexibility index (Phi) is 4.74. The van der Waals surface area contributed by atoms with Crippen LogP contribution in [0.4, 0.5) is 0 Å². The lowest BCUT2D eigenvalue weighted by molar-refractivity contribution is -0.136. The molecule has 1 unspecified atom stereocenters. The normalized spacial score (nSPS) is 33.6. The van der Waals surface area contributed by atoms with Gasteiger partial charge in [0.15, 0.2) is 0 Å². The molecule has 2 fully saturated rings. The van der Waals surface area contributed by atoms with Gasteiger partial charge in [-0.15, -0.1) is 0 Å². The standard InChI is InChI=1S/C13H24N2OS/c1-14-11-3-5-12(6-4-11)15(2)13(16)10-7-8-17-9-10/h10-12,14H,3-9H2,1-2H3. The summed E-state index contributed by atoms with van der Waals surface area (Å²) in [4.78, 5) is 14.3. The molecule has 98 valence electrons. The maximum atomic E-state index is 12.3. The number of carbonyl (C=O) groups is 1. The number of hydrogen-bond donors (Lipinski definition) is 1. The number of nitrogens with one attached hydrogen (secondary N) is 1. The molecule has 2 rings (SSSR count). The van der Waals surface area contributed by atoms with Crippen molar-refractivity contribution in [1.82, 2.24) is 10.2 Å². The molecule has 0 aromatic rings. The number of hydrogen-bond acceptors (Lipinski definition) is 3. The fraction of sp³-hybridized carbons (Fsp3) is 0.923. The van der Waals surface area contributed by atoms with E-state index in [-0.39, 0.29) is 0 Å². The Morgan fingerprint density at radius 3 is 2.47 bits per heavy atom. The molecule has 1 amide bonds. The van der Waals surface area contributed by atoms with Gasteiger partial charge in [-0.1, -0.05) is 0 Å². The topological polar surface area (TPSA) is 32.3 Å². The SMILES string of the molecule is CNC1CCC(N(C)C(=O)C2CCSC2)CC1. The Labute approximate surface area is 109 Å². The van der Waals surface area contributed by atoms with Crippen molar-refractivity contribution in [3.63, 3.8) is 0 Å². The molecule has 4 heteroatoms. The highest BCUT2D eigenvalue weighted by Crippen LogP contribution is 2.28. The van der Waals surface area contributed by atoms with Crippen molar-refractivity contribution in [2.75, 3.05) is 25.6 Å². The van der Waals surface area contributed by atoms with Gasteiger partial charge < -0.3 is 10.2 Å². The van der Waals surface area contributed by atoms with E-state index in [0.29, 0.717) is 23.9 Å². The van der Waals surface area contributed by atoms with Crippen molar-refractivity contribution >= 4 is 17.7 Å². The minimum atomic E-state index is 0.298. The fourth-order valence-corrected chi connectivity index (χ4v) is 4.16. The summed E-state index contributed by atoms with van der Waals surface area (Å²) in [6.07, 6.45) is 5.82. The summed E-state index contributed by atoms with van der Waals surface area (Å²) in [5.74, 6) is 2.89. The molecule has 1 saturated heterocycles. The Morgan fingerprint density at radius 2 is 1.94 bits per heavy atom. The zero-order valence-electron chi connectivity index (χ0n) is 10.9. The molecule has 3 nitrogen and oxygen atoms in total. The van der Waals surface area contributed by atoms with Crippen LogP contribution in [0.15, 0.2) is 0 Å². The van der Waals surface area contributed by atoms with Gasteiger partial charge in [0.25, 0.3) is 0 Å². The third kappa shape index (κ3) is 3.16.